The molecule has 7 nitrogen and oxygen atoms in total. The van der Waals surface area contributed by atoms with Gasteiger partial charge in [-0.1, -0.05) is 30.3 Å². The molecule has 1 aromatic carbocycles. The van der Waals surface area contributed by atoms with Crippen LogP contribution in [0, 0.1) is 0 Å². The Kier molecular flexibility index (Phi) is 4.90. The largest absolute Gasteiger partial charge is 0.461 e. The Bertz CT molecular complexity index is 667. The molecule has 22 heavy (non-hydrogen) atoms. The standard InChI is InChI=1S/C15H17N3O4/c1-2-22-15(21)11-8-18(14(17-11)13(16)20)9-12(19)10-6-4-3-5-7-10/h3-8,12,19H,2,9H2,1H3,(H2,16,20). The summed E-state index contributed by atoms with van der Waals surface area (Å²) in [4.78, 5) is 27.0. The summed E-state index contributed by atoms with van der Waals surface area (Å²) < 4.78 is 6.19. The normalized spacial score (nSPS) is 11.9. The summed E-state index contributed by atoms with van der Waals surface area (Å²) >= 11 is 0. The van der Waals surface area contributed by atoms with Crippen molar-refractivity contribution in [3.05, 3.63) is 53.6 Å². The highest BCUT2D eigenvalue weighted by Gasteiger charge is 2.20. The first-order valence-electron chi connectivity index (χ1n) is 6.80. The molecule has 2 aromatic rings. The molecule has 1 unspecified atom stereocenters. The van der Waals surface area contributed by atoms with E-state index in [1.54, 1.807) is 31.2 Å². The second-order valence-electron chi connectivity index (χ2n) is 4.61. The molecule has 7 heteroatoms. The number of ether oxygens (including phenoxy) is 1. The molecule has 116 valence electrons. The maximum absolute atomic E-state index is 11.7. The molecule has 0 radical (unpaired) electrons. The van der Waals surface area contributed by atoms with E-state index in [0.717, 1.165) is 0 Å². The molecule has 0 fully saturated rings. The maximum atomic E-state index is 11.7. The number of rotatable bonds is 6. The Labute approximate surface area is 127 Å². The predicted octanol–water partition coefficient (Wildman–Crippen LogP) is 0.892. The third kappa shape index (κ3) is 3.50. The van der Waals surface area contributed by atoms with Gasteiger partial charge in [0.15, 0.2) is 11.5 Å². The molecule has 0 aliphatic rings. The summed E-state index contributed by atoms with van der Waals surface area (Å²) in [7, 11) is 0. The van der Waals surface area contributed by atoms with Gasteiger partial charge in [-0.15, -0.1) is 0 Å². The number of nitrogens with two attached hydrogens (primary N) is 1. The van der Waals surface area contributed by atoms with E-state index in [-0.39, 0.29) is 24.7 Å². The number of amides is 1. The third-order valence-electron chi connectivity index (χ3n) is 3.04. The van der Waals surface area contributed by atoms with Crippen LogP contribution in [0.3, 0.4) is 0 Å². The highest BCUT2D eigenvalue weighted by Crippen LogP contribution is 2.16. The second-order valence-corrected chi connectivity index (χ2v) is 4.61. The van der Waals surface area contributed by atoms with Gasteiger partial charge in [0, 0.05) is 6.20 Å². The summed E-state index contributed by atoms with van der Waals surface area (Å²) in [6.45, 7) is 1.92. The van der Waals surface area contributed by atoms with Crippen LogP contribution in [0.1, 0.15) is 39.7 Å². The molecular formula is C15H17N3O4. The number of aliphatic hydroxyl groups excluding tert-OH is 1. The molecule has 0 aliphatic heterocycles. The lowest BCUT2D eigenvalue weighted by molar-refractivity contribution is 0.0519. The zero-order valence-electron chi connectivity index (χ0n) is 12.1. The minimum Gasteiger partial charge on any atom is -0.461 e. The van der Waals surface area contributed by atoms with Crippen molar-refractivity contribution >= 4 is 11.9 Å². The number of aliphatic hydroxyl groups is 1. The molecule has 2 rings (SSSR count). The number of aromatic nitrogens is 2. The molecule has 3 N–H and O–H groups in total. The van der Waals surface area contributed by atoms with E-state index in [0.29, 0.717) is 5.56 Å². The lowest BCUT2D eigenvalue weighted by atomic mass is 10.1. The number of hydrogen-bond donors (Lipinski definition) is 2. The van der Waals surface area contributed by atoms with Crippen LogP contribution in [0.25, 0.3) is 0 Å². The van der Waals surface area contributed by atoms with Gasteiger partial charge in [-0.05, 0) is 12.5 Å². The second kappa shape index (κ2) is 6.86. The van der Waals surface area contributed by atoms with Crippen molar-refractivity contribution < 1.29 is 19.4 Å². The SMILES string of the molecule is CCOC(=O)c1cn(CC(O)c2ccccc2)c(C(N)=O)n1. The Morgan fingerprint density at radius 1 is 1.36 bits per heavy atom. The predicted molar refractivity (Wildman–Crippen MR) is 78.1 cm³/mol. The molecular weight excluding hydrogens is 286 g/mol. The lowest BCUT2D eigenvalue weighted by Crippen LogP contribution is -2.20. The van der Waals surface area contributed by atoms with E-state index in [9.17, 15) is 14.7 Å². The Balaban J connectivity index is 2.26. The van der Waals surface area contributed by atoms with Gasteiger partial charge < -0.3 is 20.1 Å². The molecule has 0 saturated carbocycles. The van der Waals surface area contributed by atoms with E-state index >= 15 is 0 Å². The highest BCUT2D eigenvalue weighted by atomic mass is 16.5. The van der Waals surface area contributed by atoms with Gasteiger partial charge in [0.1, 0.15) is 0 Å². The van der Waals surface area contributed by atoms with Crippen molar-refractivity contribution in [2.75, 3.05) is 6.61 Å². The first-order valence-corrected chi connectivity index (χ1v) is 6.80. The van der Waals surface area contributed by atoms with Crippen molar-refractivity contribution in [2.45, 2.75) is 19.6 Å². The fraction of sp³-hybridized carbons (Fsp3) is 0.267. The Morgan fingerprint density at radius 2 is 2.05 bits per heavy atom. The monoisotopic (exact) mass is 303 g/mol. The van der Waals surface area contributed by atoms with E-state index in [1.807, 2.05) is 6.07 Å². The van der Waals surface area contributed by atoms with Crippen LogP contribution in [0.15, 0.2) is 36.5 Å². The van der Waals surface area contributed by atoms with Gasteiger partial charge in [-0.25, -0.2) is 9.78 Å². The van der Waals surface area contributed by atoms with E-state index in [4.69, 9.17) is 10.5 Å². The fourth-order valence-electron chi connectivity index (χ4n) is 2.02. The molecule has 0 spiro atoms. The minimum absolute atomic E-state index is 0.0177. The summed E-state index contributed by atoms with van der Waals surface area (Å²) in [5.41, 5.74) is 5.93. The number of carbonyl (C=O) groups excluding carboxylic acids is 2. The summed E-state index contributed by atoms with van der Waals surface area (Å²) in [5, 5.41) is 10.2. The Hall–Kier alpha value is -2.67. The summed E-state index contributed by atoms with van der Waals surface area (Å²) in [6, 6.07) is 8.95. The van der Waals surface area contributed by atoms with Gasteiger partial charge in [-0.3, -0.25) is 4.79 Å². The summed E-state index contributed by atoms with van der Waals surface area (Å²) in [5.74, 6) is -1.52. The number of benzene rings is 1. The van der Waals surface area contributed by atoms with Crippen LogP contribution in [-0.4, -0.2) is 33.1 Å². The van der Waals surface area contributed by atoms with Crippen LogP contribution in [-0.2, 0) is 11.3 Å². The topological polar surface area (TPSA) is 107 Å². The quantitative estimate of drug-likeness (QED) is 0.771. The lowest BCUT2D eigenvalue weighted by Gasteiger charge is -2.12. The average molecular weight is 303 g/mol. The van der Waals surface area contributed by atoms with Gasteiger partial charge in [0.25, 0.3) is 5.91 Å². The molecule has 0 aliphatic carbocycles. The van der Waals surface area contributed by atoms with Crippen molar-refractivity contribution in [2.24, 2.45) is 5.73 Å². The molecule has 0 saturated heterocycles. The van der Waals surface area contributed by atoms with Crippen molar-refractivity contribution in [3.63, 3.8) is 0 Å². The van der Waals surface area contributed by atoms with Crippen molar-refractivity contribution in [1.29, 1.82) is 0 Å². The van der Waals surface area contributed by atoms with Crippen LogP contribution < -0.4 is 5.73 Å². The van der Waals surface area contributed by atoms with Gasteiger partial charge in [0.2, 0.25) is 0 Å². The van der Waals surface area contributed by atoms with Crippen molar-refractivity contribution in [3.8, 4) is 0 Å². The van der Waals surface area contributed by atoms with E-state index < -0.39 is 18.0 Å². The van der Waals surface area contributed by atoms with E-state index in [1.165, 1.54) is 10.8 Å². The van der Waals surface area contributed by atoms with Crippen molar-refractivity contribution in [1.82, 2.24) is 9.55 Å². The molecule has 1 amide bonds. The van der Waals surface area contributed by atoms with Gasteiger partial charge >= 0.3 is 5.97 Å². The van der Waals surface area contributed by atoms with Crippen LogP contribution in [0.2, 0.25) is 0 Å². The third-order valence-corrected chi connectivity index (χ3v) is 3.04. The minimum atomic E-state index is -0.858. The molecule has 1 atom stereocenters. The first kappa shape index (κ1) is 15.7. The zero-order valence-corrected chi connectivity index (χ0v) is 12.1. The number of hydrogen-bond acceptors (Lipinski definition) is 5. The number of nitrogens with zero attached hydrogens (tertiary/aromatic N) is 2. The Morgan fingerprint density at radius 3 is 2.64 bits per heavy atom. The average Bonchev–Trinajstić information content (AvgIpc) is 2.92. The number of carbonyl (C=O) groups is 2. The molecule has 1 aromatic heterocycles. The number of imidazole rings is 1. The summed E-state index contributed by atoms with van der Waals surface area (Å²) in [6.07, 6.45) is 0.494. The van der Waals surface area contributed by atoms with Crippen LogP contribution in [0.5, 0.6) is 0 Å². The molecule has 0 bridgehead atoms. The highest BCUT2D eigenvalue weighted by molar-refractivity contribution is 5.93. The fourth-order valence-corrected chi connectivity index (χ4v) is 2.02. The van der Waals surface area contributed by atoms with Crippen LogP contribution >= 0.6 is 0 Å². The number of primary amides is 1. The number of esters is 1. The van der Waals surface area contributed by atoms with Gasteiger partial charge in [-0.2, -0.15) is 0 Å². The maximum Gasteiger partial charge on any atom is 0.358 e. The molecule has 1 heterocycles. The van der Waals surface area contributed by atoms with Crippen LogP contribution in [0.4, 0.5) is 0 Å². The van der Waals surface area contributed by atoms with Gasteiger partial charge in [0.05, 0.1) is 19.3 Å². The van der Waals surface area contributed by atoms with E-state index in [2.05, 4.69) is 4.98 Å². The first-order chi connectivity index (χ1) is 10.5. The smallest absolute Gasteiger partial charge is 0.358 e. The zero-order chi connectivity index (χ0) is 16.1.